The summed E-state index contributed by atoms with van der Waals surface area (Å²) >= 11 is 0. The summed E-state index contributed by atoms with van der Waals surface area (Å²) in [6, 6.07) is 0. The van der Waals surface area contributed by atoms with E-state index < -0.39 is 18.1 Å². The number of imidazole rings is 1. The van der Waals surface area contributed by atoms with Gasteiger partial charge in [-0.3, -0.25) is 9.88 Å². The van der Waals surface area contributed by atoms with Gasteiger partial charge in [0.15, 0.2) is 11.5 Å². The predicted octanol–water partition coefficient (Wildman–Crippen LogP) is -1.62. The molecular weight excluding hydrogens is 288 g/mol. The Hall–Kier alpha value is -2.25. The minimum absolute atomic E-state index is 0.176. The van der Waals surface area contributed by atoms with Crippen molar-refractivity contribution in [3.8, 4) is 12.3 Å². The molecule has 3 rings (SSSR count). The lowest BCUT2D eigenvalue weighted by Crippen LogP contribution is -2.48. The first kappa shape index (κ1) is 14.7. The quantitative estimate of drug-likeness (QED) is 0.496. The molecule has 0 spiro atoms. The minimum Gasteiger partial charge on any atom is -0.394 e. The van der Waals surface area contributed by atoms with E-state index in [4.69, 9.17) is 16.9 Å². The summed E-state index contributed by atoms with van der Waals surface area (Å²) < 4.78 is 7.43. The van der Waals surface area contributed by atoms with Crippen LogP contribution >= 0.6 is 0 Å². The van der Waals surface area contributed by atoms with Crippen LogP contribution < -0.4 is 11.1 Å². The van der Waals surface area contributed by atoms with E-state index in [0.717, 1.165) is 0 Å². The molecule has 1 aliphatic rings. The topological polar surface area (TPSA) is 131 Å². The van der Waals surface area contributed by atoms with Gasteiger partial charge < -0.3 is 20.7 Å². The molecule has 116 valence electrons. The van der Waals surface area contributed by atoms with Crippen LogP contribution in [0.2, 0.25) is 0 Å². The van der Waals surface area contributed by atoms with Crippen molar-refractivity contribution in [2.45, 2.75) is 24.5 Å². The number of nitrogens with zero attached hydrogens (tertiary/aromatic N) is 4. The fraction of sp³-hybridized carbons (Fsp3) is 0.462. The van der Waals surface area contributed by atoms with Gasteiger partial charge in [-0.2, -0.15) is 0 Å². The summed E-state index contributed by atoms with van der Waals surface area (Å²) in [5.74, 6) is 1.55. The third-order valence-corrected chi connectivity index (χ3v) is 3.66. The first-order chi connectivity index (χ1) is 10.6. The number of nitrogens with one attached hydrogen (secondary N) is 1. The first-order valence-electron chi connectivity index (χ1n) is 6.70. The summed E-state index contributed by atoms with van der Waals surface area (Å²) in [6.45, 7) is -0.116. The summed E-state index contributed by atoms with van der Waals surface area (Å²) in [5.41, 5.74) is 6.66. The summed E-state index contributed by atoms with van der Waals surface area (Å²) in [7, 11) is 0. The Morgan fingerprint density at radius 3 is 3.05 bits per heavy atom. The lowest BCUT2D eigenvalue weighted by atomic mass is 10.1. The second kappa shape index (κ2) is 5.51. The number of anilines is 1. The molecule has 0 unspecified atom stereocenters. The van der Waals surface area contributed by atoms with Crippen LogP contribution in [0.5, 0.6) is 0 Å². The zero-order chi connectivity index (χ0) is 15.7. The molecule has 9 heteroatoms. The molecule has 1 saturated heterocycles. The molecular formula is C13H16N6O3. The number of aliphatic hydroxyl groups excluding tert-OH is 2. The molecule has 0 aromatic carbocycles. The molecule has 0 bridgehead atoms. The van der Waals surface area contributed by atoms with E-state index in [9.17, 15) is 10.2 Å². The minimum atomic E-state index is -1.16. The zero-order valence-electron chi connectivity index (χ0n) is 11.7. The highest BCUT2D eigenvalue weighted by Crippen LogP contribution is 2.35. The number of fused-ring (bicyclic) bond motifs is 1. The van der Waals surface area contributed by atoms with Gasteiger partial charge in [-0.05, 0) is 0 Å². The van der Waals surface area contributed by atoms with Gasteiger partial charge in [0.05, 0.1) is 19.3 Å². The molecule has 1 aliphatic heterocycles. The molecule has 0 aliphatic carbocycles. The molecule has 0 saturated carbocycles. The highest BCUT2D eigenvalue weighted by Gasteiger charge is 2.48. The van der Waals surface area contributed by atoms with Crippen molar-refractivity contribution in [2.24, 2.45) is 0 Å². The number of terminal acetylenes is 1. The Bertz CT molecular complexity index is 726. The van der Waals surface area contributed by atoms with Gasteiger partial charge in [0.25, 0.3) is 0 Å². The SMILES string of the molecule is C#CCN[C@]1(n2cnc3c(N)ncnc32)C[C@H](O)[C@@H](CO)O1. The first-order valence-corrected chi connectivity index (χ1v) is 6.70. The van der Waals surface area contributed by atoms with Gasteiger partial charge in [-0.15, -0.1) is 6.42 Å². The van der Waals surface area contributed by atoms with Crippen molar-refractivity contribution in [1.82, 2.24) is 24.8 Å². The van der Waals surface area contributed by atoms with Crippen LogP contribution in [0.3, 0.4) is 0 Å². The molecule has 1 fully saturated rings. The molecule has 3 atom stereocenters. The smallest absolute Gasteiger partial charge is 0.207 e. The van der Waals surface area contributed by atoms with Crippen molar-refractivity contribution in [3.63, 3.8) is 0 Å². The Morgan fingerprint density at radius 2 is 2.36 bits per heavy atom. The number of rotatable bonds is 4. The number of nitrogens with two attached hydrogens (primary N) is 1. The molecule has 0 radical (unpaired) electrons. The van der Waals surface area contributed by atoms with Crippen LogP contribution in [0, 0.1) is 12.3 Å². The molecule has 2 aromatic heterocycles. The summed E-state index contributed by atoms with van der Waals surface area (Å²) in [6.07, 6.45) is 6.70. The van der Waals surface area contributed by atoms with E-state index in [1.165, 1.54) is 12.7 Å². The van der Waals surface area contributed by atoms with E-state index in [1.807, 2.05) is 0 Å². The van der Waals surface area contributed by atoms with Gasteiger partial charge in [-0.25, -0.2) is 15.0 Å². The molecule has 2 aromatic rings. The second-order valence-electron chi connectivity index (χ2n) is 5.00. The van der Waals surface area contributed by atoms with E-state index in [-0.39, 0.29) is 25.4 Å². The van der Waals surface area contributed by atoms with Gasteiger partial charge in [0.1, 0.15) is 24.3 Å². The fourth-order valence-electron chi connectivity index (χ4n) is 2.61. The van der Waals surface area contributed by atoms with Crippen LogP contribution in [0.25, 0.3) is 11.2 Å². The lowest BCUT2D eigenvalue weighted by Gasteiger charge is -2.31. The second-order valence-corrected chi connectivity index (χ2v) is 5.00. The fourth-order valence-corrected chi connectivity index (χ4v) is 2.61. The Kier molecular flexibility index (Phi) is 3.67. The van der Waals surface area contributed by atoms with Crippen molar-refractivity contribution < 1.29 is 14.9 Å². The van der Waals surface area contributed by atoms with Crippen molar-refractivity contribution in [1.29, 1.82) is 0 Å². The van der Waals surface area contributed by atoms with E-state index >= 15 is 0 Å². The lowest BCUT2D eigenvalue weighted by molar-refractivity contribution is -0.133. The van der Waals surface area contributed by atoms with Crippen LogP contribution in [0.1, 0.15) is 6.42 Å². The van der Waals surface area contributed by atoms with Crippen molar-refractivity contribution in [3.05, 3.63) is 12.7 Å². The Labute approximate surface area is 126 Å². The average molecular weight is 304 g/mol. The maximum absolute atomic E-state index is 10.1. The molecule has 22 heavy (non-hydrogen) atoms. The van der Waals surface area contributed by atoms with Crippen LogP contribution in [-0.4, -0.2) is 55.1 Å². The maximum Gasteiger partial charge on any atom is 0.207 e. The number of aliphatic hydroxyl groups is 2. The maximum atomic E-state index is 10.1. The third-order valence-electron chi connectivity index (χ3n) is 3.66. The van der Waals surface area contributed by atoms with Crippen LogP contribution in [0.15, 0.2) is 12.7 Å². The number of nitrogen functional groups attached to an aromatic ring is 1. The predicted molar refractivity (Wildman–Crippen MR) is 77.1 cm³/mol. The molecule has 9 nitrogen and oxygen atoms in total. The van der Waals surface area contributed by atoms with Crippen LogP contribution in [-0.2, 0) is 10.6 Å². The normalized spacial score (nSPS) is 28.0. The Morgan fingerprint density at radius 1 is 1.55 bits per heavy atom. The average Bonchev–Trinajstić information content (AvgIpc) is 3.08. The third kappa shape index (κ3) is 2.18. The molecule has 3 heterocycles. The standard InChI is InChI=1S/C13H16N6O3/c1-2-3-18-13(4-8(21)9(5-20)22-13)19-7-17-10-11(14)15-6-16-12(10)19/h1,6-9,18,20-21H,3-5H2,(H2,14,15,16)/t8-,9+,13-/m0/s1. The van der Waals surface area contributed by atoms with E-state index in [2.05, 4.69) is 26.2 Å². The monoisotopic (exact) mass is 304 g/mol. The van der Waals surface area contributed by atoms with Crippen LogP contribution in [0.4, 0.5) is 5.82 Å². The van der Waals surface area contributed by atoms with E-state index in [1.54, 1.807) is 4.57 Å². The van der Waals surface area contributed by atoms with Gasteiger partial charge >= 0.3 is 0 Å². The highest BCUT2D eigenvalue weighted by atomic mass is 16.6. The van der Waals surface area contributed by atoms with Gasteiger partial charge in [0, 0.05) is 6.42 Å². The number of aromatic nitrogens is 4. The number of hydrogen-bond acceptors (Lipinski definition) is 8. The molecule has 5 N–H and O–H groups in total. The van der Waals surface area contributed by atoms with Crippen molar-refractivity contribution in [2.75, 3.05) is 18.9 Å². The van der Waals surface area contributed by atoms with E-state index in [0.29, 0.717) is 11.2 Å². The zero-order valence-corrected chi connectivity index (χ0v) is 11.7. The summed E-state index contributed by atoms with van der Waals surface area (Å²) in [5, 5.41) is 22.5. The number of ether oxygens (including phenoxy) is 1. The largest absolute Gasteiger partial charge is 0.394 e. The summed E-state index contributed by atoms with van der Waals surface area (Å²) in [4.78, 5) is 12.2. The van der Waals surface area contributed by atoms with Gasteiger partial charge in [-0.1, -0.05) is 5.92 Å². The van der Waals surface area contributed by atoms with Gasteiger partial charge in [0.2, 0.25) is 5.85 Å². The number of hydrogen-bond donors (Lipinski definition) is 4. The molecule has 0 amide bonds. The van der Waals surface area contributed by atoms with Crippen molar-refractivity contribution >= 4 is 17.0 Å². The highest BCUT2D eigenvalue weighted by molar-refractivity contribution is 5.81. The Balaban J connectivity index is 2.10.